The molecule has 15 heteroatoms. The first-order chi connectivity index (χ1) is 23.7. The summed E-state index contributed by atoms with van der Waals surface area (Å²) < 4.78 is 69.5. The third-order valence-corrected chi connectivity index (χ3v) is 5.83. The van der Waals surface area contributed by atoms with Gasteiger partial charge in [0.15, 0.2) is 0 Å². The molecule has 0 amide bonds. The van der Waals surface area contributed by atoms with E-state index in [-0.39, 0.29) is 19.2 Å². The molecule has 284 valence electrons. The average Bonchev–Trinajstić information content (AvgIpc) is 3.09. The van der Waals surface area contributed by atoms with E-state index in [9.17, 15) is 9.59 Å². The summed E-state index contributed by atoms with van der Waals surface area (Å²) in [6.07, 6.45) is 4.59. The number of carbonyl (C=O) groups excluding carboxylic acids is 2. The van der Waals surface area contributed by atoms with Gasteiger partial charge in [0.25, 0.3) is 0 Å². The van der Waals surface area contributed by atoms with Crippen LogP contribution in [0.3, 0.4) is 0 Å². The fourth-order valence-electron chi connectivity index (χ4n) is 3.37. The Kier molecular flexibility index (Phi) is 39.9. The molecule has 0 saturated heterocycles. The van der Waals surface area contributed by atoms with E-state index in [1.165, 1.54) is 0 Å². The number of ether oxygens (including phenoxy) is 13. The molecule has 0 unspecified atom stereocenters. The summed E-state index contributed by atoms with van der Waals surface area (Å²) in [6.45, 7) is 16.1. The Morgan fingerprint density at radius 2 is 0.646 bits per heavy atom. The van der Waals surface area contributed by atoms with Crippen molar-refractivity contribution in [2.45, 2.75) is 32.6 Å². The SMILES string of the molecule is C=CC(=O)OCCOCCOCCOCCOCCOCCOCCOCCOCCOCCOCCOCCOC(=O)CCCCC. The second-order valence-electron chi connectivity index (χ2n) is 9.79. The molecule has 0 aromatic carbocycles. The number of hydrogen-bond acceptors (Lipinski definition) is 15. The van der Waals surface area contributed by atoms with Crippen LogP contribution >= 0.6 is 0 Å². The van der Waals surface area contributed by atoms with Gasteiger partial charge in [0.1, 0.15) is 13.2 Å². The predicted molar refractivity (Wildman–Crippen MR) is 175 cm³/mol. The van der Waals surface area contributed by atoms with Crippen LogP contribution in [-0.2, 0) is 71.2 Å². The Bertz CT molecular complexity index is 683. The smallest absolute Gasteiger partial charge is 0.330 e. The normalized spacial score (nSPS) is 11.2. The molecule has 0 bridgehead atoms. The van der Waals surface area contributed by atoms with Gasteiger partial charge in [0.05, 0.1) is 145 Å². The second-order valence-corrected chi connectivity index (χ2v) is 9.79. The quantitative estimate of drug-likeness (QED) is 0.0519. The lowest BCUT2D eigenvalue weighted by molar-refractivity contribution is -0.145. The lowest BCUT2D eigenvalue weighted by Gasteiger charge is -2.09. The zero-order valence-corrected chi connectivity index (χ0v) is 29.2. The van der Waals surface area contributed by atoms with E-state index < -0.39 is 5.97 Å². The molecular formula is C33H62O15. The minimum absolute atomic E-state index is 0.164. The van der Waals surface area contributed by atoms with Crippen molar-refractivity contribution in [1.29, 1.82) is 0 Å². The van der Waals surface area contributed by atoms with Gasteiger partial charge in [-0.25, -0.2) is 4.79 Å². The standard InChI is InChI=1S/C33H62O15/c1-3-5-6-7-33(35)48-31-29-46-27-25-44-23-21-42-19-17-40-15-13-38-11-9-36-8-10-37-12-14-39-16-18-41-20-22-43-24-26-45-28-30-47-32(34)4-2/h4H,2-3,5-31H2,1H3. The summed E-state index contributed by atoms with van der Waals surface area (Å²) in [5, 5.41) is 0. The van der Waals surface area contributed by atoms with Gasteiger partial charge in [-0.05, 0) is 6.42 Å². The van der Waals surface area contributed by atoms with Crippen molar-refractivity contribution in [3.63, 3.8) is 0 Å². The maximum absolute atomic E-state index is 11.5. The van der Waals surface area contributed by atoms with E-state index >= 15 is 0 Å². The Labute approximate surface area is 287 Å². The van der Waals surface area contributed by atoms with E-state index in [4.69, 9.17) is 61.6 Å². The first kappa shape index (κ1) is 46.2. The van der Waals surface area contributed by atoms with Gasteiger partial charge < -0.3 is 61.6 Å². The number of esters is 2. The highest BCUT2D eigenvalue weighted by atomic mass is 16.6. The highest BCUT2D eigenvalue weighted by Gasteiger charge is 2.02. The third kappa shape index (κ3) is 40.4. The Hall–Kier alpha value is -1.76. The van der Waals surface area contributed by atoms with Crippen LogP contribution in [0, 0.1) is 0 Å². The zero-order chi connectivity index (χ0) is 34.9. The summed E-state index contributed by atoms with van der Waals surface area (Å²) in [7, 11) is 0. The molecule has 0 aliphatic heterocycles. The maximum atomic E-state index is 11.5. The van der Waals surface area contributed by atoms with Crippen LogP contribution in [-0.4, -0.2) is 171 Å². The third-order valence-electron chi connectivity index (χ3n) is 5.83. The molecule has 0 atom stereocenters. The summed E-state index contributed by atoms with van der Waals surface area (Å²) >= 11 is 0. The molecule has 15 nitrogen and oxygen atoms in total. The fraction of sp³-hybridized carbons (Fsp3) is 0.879. The fourth-order valence-corrected chi connectivity index (χ4v) is 3.37. The summed E-state index contributed by atoms with van der Waals surface area (Å²) in [6, 6.07) is 0. The molecule has 0 aromatic heterocycles. The van der Waals surface area contributed by atoms with Crippen LogP contribution in [0.25, 0.3) is 0 Å². The van der Waals surface area contributed by atoms with Crippen molar-refractivity contribution < 1.29 is 71.2 Å². The number of rotatable bonds is 41. The van der Waals surface area contributed by atoms with Crippen LogP contribution in [0.15, 0.2) is 12.7 Å². The molecule has 0 aromatic rings. The van der Waals surface area contributed by atoms with E-state index in [1.54, 1.807) is 0 Å². The number of carbonyl (C=O) groups is 2. The van der Waals surface area contributed by atoms with Crippen LogP contribution in [0.5, 0.6) is 0 Å². The van der Waals surface area contributed by atoms with Crippen molar-refractivity contribution in [2.24, 2.45) is 0 Å². The van der Waals surface area contributed by atoms with Gasteiger partial charge in [-0.15, -0.1) is 0 Å². The van der Waals surface area contributed by atoms with Crippen LogP contribution in [0.2, 0.25) is 0 Å². The van der Waals surface area contributed by atoms with E-state index in [1.807, 2.05) is 0 Å². The summed E-state index contributed by atoms with van der Waals surface area (Å²) in [5.74, 6) is -0.626. The molecule has 0 spiro atoms. The number of hydrogen-bond donors (Lipinski definition) is 0. The topological polar surface area (TPSA) is 154 Å². The molecule has 0 heterocycles. The number of unbranched alkanes of at least 4 members (excludes halogenated alkanes) is 2. The van der Waals surface area contributed by atoms with Gasteiger partial charge in [-0.3, -0.25) is 4.79 Å². The van der Waals surface area contributed by atoms with Gasteiger partial charge in [-0.1, -0.05) is 26.3 Å². The van der Waals surface area contributed by atoms with E-state index in [2.05, 4.69) is 13.5 Å². The Balaban J connectivity index is 3.09. The lowest BCUT2D eigenvalue weighted by Crippen LogP contribution is -2.16. The van der Waals surface area contributed by atoms with Crippen LogP contribution in [0.4, 0.5) is 0 Å². The molecule has 0 radical (unpaired) electrons. The molecule has 0 saturated carbocycles. The minimum Gasteiger partial charge on any atom is -0.463 e. The molecule has 0 aliphatic carbocycles. The Morgan fingerprint density at radius 3 is 0.896 bits per heavy atom. The largest absolute Gasteiger partial charge is 0.463 e. The van der Waals surface area contributed by atoms with Gasteiger partial charge in [-0.2, -0.15) is 0 Å². The van der Waals surface area contributed by atoms with Gasteiger partial charge in [0, 0.05) is 12.5 Å². The van der Waals surface area contributed by atoms with Crippen molar-refractivity contribution in [3.8, 4) is 0 Å². The summed E-state index contributed by atoms with van der Waals surface area (Å²) in [4.78, 5) is 22.3. The molecule has 0 fully saturated rings. The van der Waals surface area contributed by atoms with Crippen molar-refractivity contribution in [2.75, 3.05) is 159 Å². The van der Waals surface area contributed by atoms with E-state index in [0.717, 1.165) is 25.3 Å². The van der Waals surface area contributed by atoms with Crippen molar-refractivity contribution in [1.82, 2.24) is 0 Å². The maximum Gasteiger partial charge on any atom is 0.330 e. The molecular weight excluding hydrogens is 636 g/mol. The monoisotopic (exact) mass is 698 g/mol. The first-order valence-corrected chi connectivity index (χ1v) is 17.0. The second kappa shape index (κ2) is 41.4. The van der Waals surface area contributed by atoms with Crippen molar-refractivity contribution in [3.05, 3.63) is 12.7 Å². The summed E-state index contributed by atoms with van der Waals surface area (Å²) in [5.41, 5.74) is 0. The molecule has 48 heavy (non-hydrogen) atoms. The van der Waals surface area contributed by atoms with E-state index in [0.29, 0.717) is 152 Å². The van der Waals surface area contributed by atoms with Crippen LogP contribution < -0.4 is 0 Å². The molecule has 0 rings (SSSR count). The lowest BCUT2D eigenvalue weighted by atomic mass is 10.2. The van der Waals surface area contributed by atoms with Crippen molar-refractivity contribution >= 4 is 11.9 Å². The van der Waals surface area contributed by atoms with Gasteiger partial charge in [0.2, 0.25) is 0 Å². The highest BCUT2D eigenvalue weighted by Crippen LogP contribution is 2.00. The minimum atomic E-state index is -0.462. The molecule has 0 aliphatic rings. The van der Waals surface area contributed by atoms with Gasteiger partial charge >= 0.3 is 11.9 Å². The van der Waals surface area contributed by atoms with Crippen LogP contribution in [0.1, 0.15) is 32.6 Å². The predicted octanol–water partition coefficient (Wildman–Crippen LogP) is 2.02. The Morgan fingerprint density at radius 1 is 0.396 bits per heavy atom. The first-order valence-electron chi connectivity index (χ1n) is 17.0. The highest BCUT2D eigenvalue weighted by molar-refractivity contribution is 5.81. The molecule has 0 N–H and O–H groups in total. The average molecular weight is 699 g/mol. The zero-order valence-electron chi connectivity index (χ0n) is 29.2.